The Kier molecular flexibility index (Phi) is 8.92. The largest absolute Gasteiger partial charge is 0.366 e. The highest BCUT2D eigenvalue weighted by Gasteiger charge is 2.21. The topological polar surface area (TPSA) is 137 Å². The van der Waals surface area contributed by atoms with Crippen LogP contribution >= 0.6 is 34.5 Å². The van der Waals surface area contributed by atoms with Crippen LogP contribution in [0, 0.1) is 5.53 Å². The number of anilines is 2. The molecule has 1 heterocycles. The van der Waals surface area contributed by atoms with Gasteiger partial charge in [0.1, 0.15) is 0 Å². The van der Waals surface area contributed by atoms with E-state index in [2.05, 4.69) is 32.5 Å². The van der Waals surface area contributed by atoms with E-state index in [0.717, 1.165) is 16.0 Å². The van der Waals surface area contributed by atoms with Crippen molar-refractivity contribution >= 4 is 73.5 Å². The standard InChI is InChI=1S/C29H27Cl2N7O2S/c30-21-14-23(31)25-24(15-21)34-28(41-25)36-29(40)38(22-12-10-19(11-13-22)18-4-2-1-3-5-18)16-17-6-8-20(9-7-17)26(39)35-27(32)37-33/h6-15,18,33H,1-5,16H2,(H2,32,35,39)(H,34,36,40). The number of hydrogen-bond donors (Lipinski definition) is 3. The molecule has 210 valence electrons. The maximum absolute atomic E-state index is 13.7. The van der Waals surface area contributed by atoms with Crippen LogP contribution in [0.3, 0.4) is 0 Å². The minimum Gasteiger partial charge on any atom is -0.366 e. The second kappa shape index (κ2) is 12.8. The van der Waals surface area contributed by atoms with E-state index in [1.807, 2.05) is 12.1 Å². The van der Waals surface area contributed by atoms with E-state index >= 15 is 0 Å². The predicted molar refractivity (Wildman–Crippen MR) is 165 cm³/mol. The van der Waals surface area contributed by atoms with Gasteiger partial charge in [-0.25, -0.2) is 15.3 Å². The Hall–Kier alpha value is -3.86. The zero-order chi connectivity index (χ0) is 28.9. The molecule has 9 nitrogen and oxygen atoms in total. The van der Waals surface area contributed by atoms with Gasteiger partial charge in [0.2, 0.25) is 5.96 Å². The van der Waals surface area contributed by atoms with E-state index in [4.69, 9.17) is 34.5 Å². The summed E-state index contributed by atoms with van der Waals surface area (Å²) in [6, 6.07) is 17.8. The number of aromatic nitrogens is 1. The van der Waals surface area contributed by atoms with Gasteiger partial charge in [-0.2, -0.15) is 4.99 Å². The fourth-order valence-corrected chi connectivity index (χ4v) is 6.38. The number of guanidine groups is 1. The van der Waals surface area contributed by atoms with E-state index in [9.17, 15) is 9.59 Å². The number of benzene rings is 3. The van der Waals surface area contributed by atoms with Crippen LogP contribution in [0.4, 0.5) is 15.6 Å². The normalized spacial score (nSPS) is 14.1. The summed E-state index contributed by atoms with van der Waals surface area (Å²) in [4.78, 5) is 35.6. The molecule has 0 bridgehead atoms. The quantitative estimate of drug-likeness (QED) is 0.115. The number of fused-ring (bicyclic) bond motifs is 1. The van der Waals surface area contributed by atoms with Crippen LogP contribution in [-0.2, 0) is 6.54 Å². The average Bonchev–Trinajstić information content (AvgIpc) is 3.39. The first-order valence-electron chi connectivity index (χ1n) is 13.1. The van der Waals surface area contributed by atoms with Crippen molar-refractivity contribution in [3.05, 3.63) is 87.4 Å². The third kappa shape index (κ3) is 6.90. The SMILES string of the molecule is N=NC(N)=NC(=O)c1ccc(CN(C(=O)Nc2nc3cc(Cl)cc(Cl)c3s2)c2ccc(C3CCCCC3)cc2)cc1. The van der Waals surface area contributed by atoms with Gasteiger partial charge in [0.25, 0.3) is 5.91 Å². The third-order valence-corrected chi connectivity index (χ3v) is 8.67. The lowest BCUT2D eigenvalue weighted by Crippen LogP contribution is -2.34. The first kappa shape index (κ1) is 28.7. The third-order valence-electron chi connectivity index (χ3n) is 7.02. The summed E-state index contributed by atoms with van der Waals surface area (Å²) in [7, 11) is 0. The number of halogens is 2. The maximum atomic E-state index is 13.7. The number of aliphatic imine (C=N–C) groups is 1. The lowest BCUT2D eigenvalue weighted by molar-refractivity contribution is 0.100. The maximum Gasteiger partial charge on any atom is 0.328 e. The van der Waals surface area contributed by atoms with Crippen LogP contribution < -0.4 is 16.0 Å². The molecule has 4 aromatic rings. The van der Waals surface area contributed by atoms with Gasteiger partial charge in [-0.1, -0.05) is 78.1 Å². The molecule has 0 saturated heterocycles. The van der Waals surface area contributed by atoms with Crippen molar-refractivity contribution in [3.63, 3.8) is 0 Å². The number of carbonyl (C=O) groups excluding carboxylic acids is 2. The molecule has 0 unspecified atom stereocenters. The Labute approximate surface area is 250 Å². The van der Waals surface area contributed by atoms with Gasteiger partial charge in [0, 0.05) is 16.3 Å². The minimum absolute atomic E-state index is 0.230. The first-order valence-corrected chi connectivity index (χ1v) is 14.7. The summed E-state index contributed by atoms with van der Waals surface area (Å²) in [5, 5.41) is 7.19. The Morgan fingerprint density at radius 2 is 1.76 bits per heavy atom. The lowest BCUT2D eigenvalue weighted by atomic mass is 9.84. The van der Waals surface area contributed by atoms with Gasteiger partial charge in [-0.05, 0) is 66.3 Å². The van der Waals surface area contributed by atoms with Crippen LogP contribution in [0.25, 0.3) is 10.2 Å². The lowest BCUT2D eigenvalue weighted by Gasteiger charge is -2.25. The first-order chi connectivity index (χ1) is 19.8. The molecule has 3 amide bonds. The Morgan fingerprint density at radius 3 is 2.44 bits per heavy atom. The summed E-state index contributed by atoms with van der Waals surface area (Å²) in [6.45, 7) is 0.230. The van der Waals surface area contributed by atoms with Crippen molar-refractivity contribution < 1.29 is 9.59 Å². The number of amides is 3. The molecule has 3 aromatic carbocycles. The van der Waals surface area contributed by atoms with Crippen molar-refractivity contribution in [3.8, 4) is 0 Å². The average molecular weight is 609 g/mol. The van der Waals surface area contributed by atoms with Crippen LogP contribution in [0.5, 0.6) is 0 Å². The van der Waals surface area contributed by atoms with Gasteiger partial charge >= 0.3 is 6.03 Å². The summed E-state index contributed by atoms with van der Waals surface area (Å²) >= 11 is 13.7. The highest BCUT2D eigenvalue weighted by Crippen LogP contribution is 2.36. The molecule has 0 radical (unpaired) electrons. The summed E-state index contributed by atoms with van der Waals surface area (Å²) in [5.74, 6) is -0.478. The molecule has 0 aliphatic heterocycles. The van der Waals surface area contributed by atoms with Crippen LogP contribution in [0.1, 0.15) is 59.5 Å². The number of thiazole rings is 1. The molecule has 0 atom stereocenters. The second-order valence-corrected chi connectivity index (χ2v) is 11.6. The molecule has 0 spiro atoms. The molecule has 1 aliphatic rings. The molecule has 5 rings (SSSR count). The molecule has 1 saturated carbocycles. The minimum atomic E-state index is -0.604. The fourth-order valence-electron chi connectivity index (χ4n) is 4.94. The molecular weight excluding hydrogens is 581 g/mol. The molecule has 1 aliphatic carbocycles. The van der Waals surface area contributed by atoms with Crippen LogP contribution in [0.15, 0.2) is 70.8 Å². The van der Waals surface area contributed by atoms with Crippen LogP contribution in [0.2, 0.25) is 10.0 Å². The van der Waals surface area contributed by atoms with Crippen molar-refractivity contribution in [2.24, 2.45) is 15.8 Å². The molecular formula is C29H27Cl2N7O2S. The van der Waals surface area contributed by atoms with Gasteiger partial charge in [-0.3, -0.25) is 15.0 Å². The number of urea groups is 1. The van der Waals surface area contributed by atoms with E-state index in [1.54, 1.807) is 41.3 Å². The molecule has 41 heavy (non-hydrogen) atoms. The van der Waals surface area contributed by atoms with E-state index in [0.29, 0.717) is 32.2 Å². The second-order valence-electron chi connectivity index (χ2n) is 9.78. The zero-order valence-corrected chi connectivity index (χ0v) is 24.3. The molecule has 1 fully saturated rings. The van der Waals surface area contributed by atoms with E-state index < -0.39 is 11.9 Å². The Balaban J connectivity index is 1.41. The highest BCUT2D eigenvalue weighted by atomic mass is 35.5. The molecule has 12 heteroatoms. The number of hydrogen-bond acceptors (Lipinski definition) is 5. The van der Waals surface area contributed by atoms with Gasteiger partial charge in [0.05, 0.1) is 21.8 Å². The van der Waals surface area contributed by atoms with E-state index in [-0.39, 0.29) is 12.6 Å². The predicted octanol–water partition coefficient (Wildman–Crippen LogP) is 8.38. The number of carbonyl (C=O) groups is 2. The van der Waals surface area contributed by atoms with Gasteiger partial charge in [-0.15, -0.1) is 5.11 Å². The highest BCUT2D eigenvalue weighted by molar-refractivity contribution is 7.23. The Morgan fingerprint density at radius 1 is 1.05 bits per heavy atom. The Bertz CT molecular complexity index is 1610. The number of nitrogens with one attached hydrogen (secondary N) is 2. The number of nitrogens with zero attached hydrogens (tertiary/aromatic N) is 4. The van der Waals surface area contributed by atoms with Crippen molar-refractivity contribution in [1.29, 1.82) is 5.53 Å². The monoisotopic (exact) mass is 607 g/mol. The summed E-state index contributed by atoms with van der Waals surface area (Å²) < 4.78 is 0.733. The van der Waals surface area contributed by atoms with Crippen LogP contribution in [-0.4, -0.2) is 22.9 Å². The number of rotatable bonds is 6. The molecule has 4 N–H and O–H groups in total. The fraction of sp³-hybridized carbons (Fsp3) is 0.241. The smallest absolute Gasteiger partial charge is 0.328 e. The van der Waals surface area contributed by atoms with Crippen molar-refractivity contribution in [2.45, 2.75) is 44.6 Å². The number of nitrogens with two attached hydrogens (primary N) is 1. The van der Waals surface area contributed by atoms with Gasteiger partial charge < -0.3 is 5.73 Å². The summed E-state index contributed by atoms with van der Waals surface area (Å²) in [6.07, 6.45) is 6.14. The van der Waals surface area contributed by atoms with E-state index in [1.165, 1.54) is 49.0 Å². The zero-order valence-electron chi connectivity index (χ0n) is 21.9. The van der Waals surface area contributed by atoms with Gasteiger partial charge in [0.15, 0.2) is 5.13 Å². The summed E-state index contributed by atoms with van der Waals surface area (Å²) in [5.41, 5.74) is 15.9. The van der Waals surface area contributed by atoms with Crippen molar-refractivity contribution in [2.75, 3.05) is 10.2 Å². The molecule has 1 aromatic heterocycles. The van der Waals surface area contributed by atoms with Crippen molar-refractivity contribution in [1.82, 2.24) is 4.98 Å².